The Labute approximate surface area is 98.6 Å². The first-order valence-electron chi connectivity index (χ1n) is 3.93. The van der Waals surface area contributed by atoms with E-state index < -0.39 is 5.97 Å². The van der Waals surface area contributed by atoms with Gasteiger partial charge in [0.05, 0.1) is 0 Å². The lowest BCUT2D eigenvalue weighted by Crippen LogP contribution is -2.04. The maximum atomic E-state index is 10.7. The number of carboxylic acid groups (broad SMARTS) is 1. The van der Waals surface area contributed by atoms with Crippen LogP contribution in [-0.2, 0) is 0 Å². The summed E-state index contributed by atoms with van der Waals surface area (Å²) in [6.07, 6.45) is 0. The van der Waals surface area contributed by atoms with Gasteiger partial charge in [-0.3, -0.25) is 0 Å². The van der Waals surface area contributed by atoms with Crippen LogP contribution in [0.1, 0.15) is 10.5 Å². The molecule has 0 fully saturated rings. The number of hydrogen-bond acceptors (Lipinski definition) is 5. The molecule has 1 N–H and O–H groups in total. The molecule has 2 aromatic heterocycles. The van der Waals surface area contributed by atoms with E-state index >= 15 is 0 Å². The van der Waals surface area contributed by atoms with Gasteiger partial charge in [0.15, 0.2) is 16.1 Å². The molecule has 0 spiro atoms. The standard InChI is InChI=1S/C7H3Cl2N5O2/c8-3-1-2-4(11-10-3)14-12-5(7(15)16)6(9)13-14/h1-2H,(H,15,16). The second-order valence-electron chi connectivity index (χ2n) is 2.65. The van der Waals surface area contributed by atoms with Crippen LogP contribution in [0.2, 0.25) is 10.3 Å². The zero-order valence-electron chi connectivity index (χ0n) is 7.50. The fourth-order valence-corrected chi connectivity index (χ4v) is 1.23. The van der Waals surface area contributed by atoms with Crippen molar-refractivity contribution in [2.45, 2.75) is 0 Å². The summed E-state index contributed by atoms with van der Waals surface area (Å²) in [7, 11) is 0. The molecule has 0 amide bonds. The molecular formula is C7H3Cl2N5O2. The zero-order valence-corrected chi connectivity index (χ0v) is 9.01. The van der Waals surface area contributed by atoms with Crippen molar-refractivity contribution in [2.75, 3.05) is 0 Å². The number of aromatic carboxylic acids is 1. The van der Waals surface area contributed by atoms with E-state index in [9.17, 15) is 4.79 Å². The molecule has 0 saturated carbocycles. The zero-order chi connectivity index (χ0) is 11.7. The van der Waals surface area contributed by atoms with Crippen LogP contribution < -0.4 is 0 Å². The molecule has 0 bridgehead atoms. The predicted octanol–water partition coefficient (Wildman–Crippen LogP) is 1.06. The molecule has 2 rings (SSSR count). The fraction of sp³-hybridized carbons (Fsp3) is 0. The van der Waals surface area contributed by atoms with E-state index in [1.54, 1.807) is 0 Å². The summed E-state index contributed by atoms with van der Waals surface area (Å²) in [6.45, 7) is 0. The summed E-state index contributed by atoms with van der Waals surface area (Å²) in [4.78, 5) is 11.6. The number of carbonyl (C=O) groups is 1. The third-order valence-electron chi connectivity index (χ3n) is 1.60. The topological polar surface area (TPSA) is 93.8 Å². The molecule has 0 atom stereocenters. The molecule has 0 unspecified atom stereocenters. The summed E-state index contributed by atoms with van der Waals surface area (Å²) < 4.78 is 0. The van der Waals surface area contributed by atoms with Gasteiger partial charge in [-0.2, -0.15) is 0 Å². The molecule has 0 saturated heterocycles. The number of aromatic nitrogens is 5. The lowest BCUT2D eigenvalue weighted by molar-refractivity contribution is 0.0690. The van der Waals surface area contributed by atoms with Crippen LogP contribution in [0.5, 0.6) is 0 Å². The van der Waals surface area contributed by atoms with Crippen molar-refractivity contribution in [3.8, 4) is 5.82 Å². The molecule has 16 heavy (non-hydrogen) atoms. The fourth-order valence-electron chi connectivity index (χ4n) is 0.938. The van der Waals surface area contributed by atoms with E-state index in [2.05, 4.69) is 20.4 Å². The van der Waals surface area contributed by atoms with Gasteiger partial charge in [-0.15, -0.1) is 25.2 Å². The monoisotopic (exact) mass is 259 g/mol. The molecule has 0 aliphatic carbocycles. The lowest BCUT2D eigenvalue weighted by Gasteiger charge is -1.95. The van der Waals surface area contributed by atoms with Gasteiger partial charge in [-0.25, -0.2) is 4.79 Å². The van der Waals surface area contributed by atoms with E-state index in [4.69, 9.17) is 28.3 Å². The van der Waals surface area contributed by atoms with Crippen LogP contribution in [-0.4, -0.2) is 36.3 Å². The minimum absolute atomic E-state index is 0.209. The average Bonchev–Trinajstić information content (AvgIpc) is 2.61. The molecule has 82 valence electrons. The first kappa shape index (κ1) is 10.8. The molecular weight excluding hydrogens is 257 g/mol. The van der Waals surface area contributed by atoms with E-state index in [0.717, 1.165) is 4.80 Å². The lowest BCUT2D eigenvalue weighted by atomic mass is 10.5. The van der Waals surface area contributed by atoms with Crippen molar-refractivity contribution < 1.29 is 9.90 Å². The van der Waals surface area contributed by atoms with Crippen LogP contribution in [0.25, 0.3) is 5.82 Å². The van der Waals surface area contributed by atoms with E-state index in [1.807, 2.05) is 0 Å². The highest BCUT2D eigenvalue weighted by Crippen LogP contribution is 2.12. The van der Waals surface area contributed by atoms with Crippen molar-refractivity contribution in [3.05, 3.63) is 28.1 Å². The third kappa shape index (κ3) is 1.95. The Morgan fingerprint density at radius 3 is 2.50 bits per heavy atom. The molecule has 0 aliphatic rings. The van der Waals surface area contributed by atoms with Crippen molar-refractivity contribution in [3.63, 3.8) is 0 Å². The first-order chi connectivity index (χ1) is 7.58. The van der Waals surface area contributed by atoms with Gasteiger partial charge >= 0.3 is 5.97 Å². The molecule has 2 aromatic rings. The predicted molar refractivity (Wildman–Crippen MR) is 53.9 cm³/mol. The quantitative estimate of drug-likeness (QED) is 0.867. The normalized spacial score (nSPS) is 10.4. The summed E-state index contributed by atoms with van der Waals surface area (Å²) in [5.74, 6) is -1.04. The van der Waals surface area contributed by atoms with Gasteiger partial charge in [0.1, 0.15) is 0 Å². The Hall–Kier alpha value is -1.73. The van der Waals surface area contributed by atoms with Crippen molar-refractivity contribution in [1.82, 2.24) is 25.2 Å². The number of nitrogens with zero attached hydrogens (tertiary/aromatic N) is 5. The Morgan fingerprint density at radius 1 is 1.25 bits per heavy atom. The van der Waals surface area contributed by atoms with Crippen LogP contribution in [0.4, 0.5) is 0 Å². The Morgan fingerprint density at radius 2 is 2.00 bits per heavy atom. The summed E-state index contributed by atoms with van der Waals surface area (Å²) in [5.41, 5.74) is -0.349. The highest BCUT2D eigenvalue weighted by molar-refractivity contribution is 6.32. The summed E-state index contributed by atoms with van der Waals surface area (Å²) in [6, 6.07) is 2.96. The van der Waals surface area contributed by atoms with Crippen LogP contribution in [0.15, 0.2) is 12.1 Å². The van der Waals surface area contributed by atoms with Gasteiger partial charge in [0.25, 0.3) is 0 Å². The van der Waals surface area contributed by atoms with E-state index in [-0.39, 0.29) is 21.8 Å². The van der Waals surface area contributed by atoms with E-state index in [0.29, 0.717) is 0 Å². The van der Waals surface area contributed by atoms with Crippen molar-refractivity contribution in [1.29, 1.82) is 0 Å². The number of hydrogen-bond donors (Lipinski definition) is 1. The molecule has 9 heteroatoms. The Balaban J connectivity index is 2.45. The average molecular weight is 260 g/mol. The minimum atomic E-state index is -1.27. The smallest absolute Gasteiger partial charge is 0.359 e. The highest BCUT2D eigenvalue weighted by atomic mass is 35.5. The SMILES string of the molecule is O=C(O)c1nn(-c2ccc(Cl)nn2)nc1Cl. The molecule has 0 radical (unpaired) electrons. The first-order valence-corrected chi connectivity index (χ1v) is 4.69. The van der Waals surface area contributed by atoms with Gasteiger partial charge in [0, 0.05) is 0 Å². The summed E-state index contributed by atoms with van der Waals surface area (Å²) in [5, 5.41) is 23.2. The largest absolute Gasteiger partial charge is 0.476 e. The van der Waals surface area contributed by atoms with Crippen molar-refractivity contribution >= 4 is 29.2 Å². The van der Waals surface area contributed by atoms with Crippen LogP contribution in [0.3, 0.4) is 0 Å². The maximum absolute atomic E-state index is 10.7. The Bertz CT molecular complexity index is 538. The summed E-state index contributed by atoms with van der Waals surface area (Å²) >= 11 is 11.1. The van der Waals surface area contributed by atoms with Gasteiger partial charge in [-0.1, -0.05) is 23.2 Å². The number of halogens is 2. The molecule has 2 heterocycles. The second-order valence-corrected chi connectivity index (χ2v) is 3.39. The van der Waals surface area contributed by atoms with Crippen LogP contribution >= 0.6 is 23.2 Å². The second kappa shape index (κ2) is 4.03. The third-order valence-corrected chi connectivity index (χ3v) is 2.05. The molecule has 7 nitrogen and oxygen atoms in total. The number of rotatable bonds is 2. The van der Waals surface area contributed by atoms with Crippen LogP contribution in [0, 0.1) is 0 Å². The minimum Gasteiger partial charge on any atom is -0.476 e. The van der Waals surface area contributed by atoms with E-state index in [1.165, 1.54) is 12.1 Å². The molecule has 0 aliphatic heterocycles. The highest BCUT2D eigenvalue weighted by Gasteiger charge is 2.17. The maximum Gasteiger partial charge on any atom is 0.359 e. The van der Waals surface area contributed by atoms with Crippen molar-refractivity contribution in [2.24, 2.45) is 0 Å². The van der Waals surface area contributed by atoms with Gasteiger partial charge in [0.2, 0.25) is 5.69 Å². The molecule has 0 aromatic carbocycles. The number of carboxylic acids is 1. The Kier molecular flexibility index (Phi) is 2.71. The van der Waals surface area contributed by atoms with Gasteiger partial charge in [-0.05, 0) is 12.1 Å². The van der Waals surface area contributed by atoms with Gasteiger partial charge < -0.3 is 5.11 Å².